The highest BCUT2D eigenvalue weighted by atomic mass is 32.1. The Morgan fingerprint density at radius 3 is 2.72 bits per heavy atom. The Bertz CT molecular complexity index is 599. The molecular weight excluding hydrogens is 240 g/mol. The Morgan fingerprint density at radius 2 is 2.06 bits per heavy atom. The fraction of sp³-hybridized carbons (Fsp3) is 0.333. The first-order valence-corrected chi connectivity index (χ1v) is 6.71. The van der Waals surface area contributed by atoms with Crippen LogP contribution in [0.25, 0.3) is 11.3 Å². The van der Waals surface area contributed by atoms with Gasteiger partial charge in [-0.3, -0.25) is 0 Å². The van der Waals surface area contributed by atoms with E-state index in [0.29, 0.717) is 10.6 Å². The summed E-state index contributed by atoms with van der Waals surface area (Å²) in [5.74, 6) is 1.29. The maximum Gasteiger partial charge on any atom is 0.130 e. The van der Waals surface area contributed by atoms with Crippen LogP contribution in [0.4, 0.5) is 0 Å². The molecular formula is C15H18N2S. The van der Waals surface area contributed by atoms with Gasteiger partial charge in [-0.05, 0) is 29.7 Å². The van der Waals surface area contributed by atoms with Crippen molar-refractivity contribution in [3.05, 3.63) is 46.4 Å². The van der Waals surface area contributed by atoms with Gasteiger partial charge in [0.15, 0.2) is 0 Å². The third kappa shape index (κ3) is 2.85. The highest BCUT2D eigenvalue weighted by molar-refractivity contribution is 7.71. The molecule has 1 heterocycles. The summed E-state index contributed by atoms with van der Waals surface area (Å²) >= 11 is 5.24. The van der Waals surface area contributed by atoms with Crippen LogP contribution < -0.4 is 0 Å². The molecule has 18 heavy (non-hydrogen) atoms. The lowest BCUT2D eigenvalue weighted by molar-refractivity contribution is 0.773. The molecule has 0 fully saturated rings. The predicted octanol–water partition coefficient (Wildman–Crippen LogP) is 4.49. The first kappa shape index (κ1) is 13.0. The lowest BCUT2D eigenvalue weighted by Crippen LogP contribution is -1.99. The molecule has 1 aromatic heterocycles. The van der Waals surface area contributed by atoms with Gasteiger partial charge in [0.2, 0.25) is 0 Å². The molecule has 3 heteroatoms. The lowest BCUT2D eigenvalue weighted by Gasteiger charge is -2.09. The molecule has 0 amide bonds. The highest BCUT2D eigenvalue weighted by Gasteiger charge is 2.05. The average molecular weight is 258 g/mol. The molecule has 0 atom stereocenters. The average Bonchev–Trinajstić information content (AvgIpc) is 2.38. The molecule has 2 aromatic rings. The van der Waals surface area contributed by atoms with Crippen molar-refractivity contribution in [1.82, 2.24) is 9.97 Å². The number of aryl methyl sites for hydroxylation is 1. The van der Waals surface area contributed by atoms with Gasteiger partial charge >= 0.3 is 0 Å². The maximum absolute atomic E-state index is 5.24. The molecule has 0 radical (unpaired) electrons. The molecule has 0 bridgehead atoms. The Hall–Kier alpha value is -1.48. The molecule has 1 N–H and O–H groups in total. The second-order valence-electron chi connectivity index (χ2n) is 4.73. The van der Waals surface area contributed by atoms with Gasteiger partial charge in [-0.2, -0.15) is 0 Å². The van der Waals surface area contributed by atoms with Crippen LogP contribution in [0.5, 0.6) is 0 Å². The zero-order valence-electron chi connectivity index (χ0n) is 11.0. The lowest BCUT2D eigenvalue weighted by atomic mass is 10.1. The molecule has 0 aliphatic rings. The number of rotatable bonds is 3. The standard InChI is InChI=1S/C15H18N2S/c1-4-11-6-5-7-12(8-11)13-9-14(18)17-15(16-13)10(2)3/h5-10H,4H2,1-3H3,(H,16,17,18). The SMILES string of the molecule is CCc1cccc(-c2cc(=S)nc(C(C)C)[nH]2)c1. The van der Waals surface area contributed by atoms with Crippen LogP contribution in [0.15, 0.2) is 30.3 Å². The van der Waals surface area contributed by atoms with Crippen molar-refractivity contribution in [2.45, 2.75) is 33.1 Å². The molecule has 1 aromatic carbocycles. The van der Waals surface area contributed by atoms with Gasteiger partial charge in [-0.1, -0.05) is 51.2 Å². The van der Waals surface area contributed by atoms with Crippen LogP contribution >= 0.6 is 12.2 Å². The first-order valence-electron chi connectivity index (χ1n) is 6.30. The van der Waals surface area contributed by atoms with E-state index in [2.05, 4.69) is 55.0 Å². The second-order valence-corrected chi connectivity index (χ2v) is 5.15. The summed E-state index contributed by atoms with van der Waals surface area (Å²) in [6.45, 7) is 6.38. The maximum atomic E-state index is 5.24. The van der Waals surface area contributed by atoms with E-state index in [1.807, 2.05) is 6.07 Å². The van der Waals surface area contributed by atoms with Crippen molar-refractivity contribution >= 4 is 12.2 Å². The number of aromatic nitrogens is 2. The fourth-order valence-corrected chi connectivity index (χ4v) is 2.08. The summed E-state index contributed by atoms with van der Waals surface area (Å²) in [4.78, 5) is 7.74. The van der Waals surface area contributed by atoms with Crippen molar-refractivity contribution in [2.24, 2.45) is 0 Å². The van der Waals surface area contributed by atoms with Gasteiger partial charge in [0, 0.05) is 11.6 Å². The topological polar surface area (TPSA) is 28.7 Å². The first-order chi connectivity index (χ1) is 8.60. The Labute approximate surface area is 113 Å². The number of hydrogen-bond acceptors (Lipinski definition) is 2. The van der Waals surface area contributed by atoms with E-state index in [-0.39, 0.29) is 0 Å². The zero-order valence-corrected chi connectivity index (χ0v) is 11.8. The highest BCUT2D eigenvalue weighted by Crippen LogP contribution is 2.20. The smallest absolute Gasteiger partial charge is 0.130 e. The van der Waals surface area contributed by atoms with E-state index >= 15 is 0 Å². The summed E-state index contributed by atoms with van der Waals surface area (Å²) in [6.07, 6.45) is 1.04. The Balaban J connectivity index is 2.52. The quantitative estimate of drug-likeness (QED) is 0.822. The van der Waals surface area contributed by atoms with Gasteiger partial charge < -0.3 is 4.98 Å². The van der Waals surface area contributed by atoms with Crippen molar-refractivity contribution in [3.63, 3.8) is 0 Å². The number of benzene rings is 1. The van der Waals surface area contributed by atoms with E-state index in [1.165, 1.54) is 11.1 Å². The molecule has 2 rings (SSSR count). The van der Waals surface area contributed by atoms with Gasteiger partial charge in [-0.15, -0.1) is 0 Å². The minimum atomic E-state index is 0.348. The molecule has 0 saturated carbocycles. The third-order valence-electron chi connectivity index (χ3n) is 2.95. The van der Waals surface area contributed by atoms with Gasteiger partial charge in [0.05, 0.1) is 0 Å². The molecule has 94 valence electrons. The fourth-order valence-electron chi connectivity index (χ4n) is 1.86. The number of aromatic amines is 1. The van der Waals surface area contributed by atoms with Gasteiger partial charge in [-0.25, -0.2) is 4.98 Å². The van der Waals surface area contributed by atoms with Crippen LogP contribution in [-0.2, 0) is 6.42 Å². The van der Waals surface area contributed by atoms with E-state index < -0.39 is 0 Å². The van der Waals surface area contributed by atoms with Crippen molar-refractivity contribution in [3.8, 4) is 11.3 Å². The van der Waals surface area contributed by atoms with Crippen LogP contribution in [0.1, 0.15) is 38.1 Å². The predicted molar refractivity (Wildman–Crippen MR) is 78.3 cm³/mol. The summed E-state index contributed by atoms with van der Waals surface area (Å²) in [5.41, 5.74) is 3.55. The van der Waals surface area contributed by atoms with Crippen molar-refractivity contribution in [2.75, 3.05) is 0 Å². The van der Waals surface area contributed by atoms with E-state index in [0.717, 1.165) is 17.9 Å². The second kappa shape index (κ2) is 5.44. The Morgan fingerprint density at radius 1 is 1.28 bits per heavy atom. The zero-order chi connectivity index (χ0) is 13.1. The number of hydrogen-bond donors (Lipinski definition) is 1. The largest absolute Gasteiger partial charge is 0.343 e. The molecule has 0 saturated heterocycles. The van der Waals surface area contributed by atoms with Crippen LogP contribution in [0, 0.1) is 4.64 Å². The number of H-pyrrole nitrogens is 1. The number of nitrogens with zero attached hydrogens (tertiary/aromatic N) is 1. The van der Waals surface area contributed by atoms with Crippen molar-refractivity contribution in [1.29, 1.82) is 0 Å². The van der Waals surface area contributed by atoms with Gasteiger partial charge in [0.25, 0.3) is 0 Å². The minimum Gasteiger partial charge on any atom is -0.343 e. The molecule has 0 spiro atoms. The van der Waals surface area contributed by atoms with Crippen molar-refractivity contribution < 1.29 is 0 Å². The van der Waals surface area contributed by atoms with Crippen LogP contribution in [-0.4, -0.2) is 9.97 Å². The van der Waals surface area contributed by atoms with E-state index in [9.17, 15) is 0 Å². The Kier molecular flexibility index (Phi) is 3.92. The molecule has 0 unspecified atom stereocenters. The van der Waals surface area contributed by atoms with Crippen LogP contribution in [0.3, 0.4) is 0 Å². The molecule has 2 nitrogen and oxygen atoms in total. The molecule has 0 aliphatic carbocycles. The summed E-state index contributed by atoms with van der Waals surface area (Å²) in [7, 11) is 0. The third-order valence-corrected chi connectivity index (χ3v) is 3.16. The summed E-state index contributed by atoms with van der Waals surface area (Å²) < 4.78 is 0.648. The summed E-state index contributed by atoms with van der Waals surface area (Å²) in [6, 6.07) is 10.5. The normalized spacial score (nSPS) is 10.9. The number of nitrogens with one attached hydrogen (secondary N) is 1. The van der Waals surface area contributed by atoms with E-state index in [1.54, 1.807) is 0 Å². The van der Waals surface area contributed by atoms with E-state index in [4.69, 9.17) is 12.2 Å². The van der Waals surface area contributed by atoms with Crippen LogP contribution in [0.2, 0.25) is 0 Å². The monoisotopic (exact) mass is 258 g/mol. The van der Waals surface area contributed by atoms with Gasteiger partial charge in [0.1, 0.15) is 10.5 Å². The minimum absolute atomic E-state index is 0.348. The summed E-state index contributed by atoms with van der Waals surface area (Å²) in [5, 5.41) is 0. The molecule has 0 aliphatic heterocycles.